The summed E-state index contributed by atoms with van der Waals surface area (Å²) in [6.07, 6.45) is -3.62. The monoisotopic (exact) mass is 372 g/mol. The van der Waals surface area contributed by atoms with Crippen LogP contribution < -0.4 is 10.6 Å². The predicted molar refractivity (Wildman–Crippen MR) is 92.9 cm³/mol. The largest absolute Gasteiger partial charge is 0.401 e. The van der Waals surface area contributed by atoms with Gasteiger partial charge in [-0.15, -0.1) is 0 Å². The molecule has 1 fully saturated rings. The van der Waals surface area contributed by atoms with Crippen LogP contribution in [0.1, 0.15) is 13.3 Å². The molecule has 1 aromatic rings. The fraction of sp³-hybridized carbons (Fsp3) is 0.529. The molecule has 0 aliphatic carbocycles. The van der Waals surface area contributed by atoms with E-state index in [1.807, 2.05) is 4.90 Å². The van der Waals surface area contributed by atoms with E-state index in [-0.39, 0.29) is 24.9 Å². The number of nitrogens with one attached hydrogen (secondary N) is 2. The van der Waals surface area contributed by atoms with Crippen LogP contribution in [0.25, 0.3) is 0 Å². The van der Waals surface area contributed by atoms with Crippen molar-refractivity contribution in [2.45, 2.75) is 19.5 Å². The molecule has 2 amide bonds. The Morgan fingerprint density at radius 1 is 1.04 bits per heavy atom. The Kier molecular flexibility index (Phi) is 6.98. The lowest BCUT2D eigenvalue weighted by Crippen LogP contribution is -2.39. The number of nitrogens with zero attached hydrogens (tertiary/aromatic N) is 2. The highest BCUT2D eigenvalue weighted by molar-refractivity contribution is 5.94. The number of carbonyl (C=O) groups is 2. The quantitative estimate of drug-likeness (QED) is 0.831. The van der Waals surface area contributed by atoms with Crippen molar-refractivity contribution in [3.05, 3.63) is 24.3 Å². The van der Waals surface area contributed by atoms with Crippen LogP contribution >= 0.6 is 0 Å². The zero-order valence-electron chi connectivity index (χ0n) is 14.6. The van der Waals surface area contributed by atoms with E-state index >= 15 is 0 Å². The molecule has 6 nitrogen and oxygen atoms in total. The lowest BCUT2D eigenvalue weighted by Gasteiger charge is -2.22. The molecule has 0 atom stereocenters. The van der Waals surface area contributed by atoms with Crippen LogP contribution in [0.15, 0.2) is 24.3 Å². The van der Waals surface area contributed by atoms with E-state index in [0.29, 0.717) is 37.4 Å². The fourth-order valence-electron chi connectivity index (χ4n) is 2.88. The average Bonchev–Trinajstić information content (AvgIpc) is 2.70. The minimum Gasteiger partial charge on any atom is -0.326 e. The summed E-state index contributed by atoms with van der Waals surface area (Å²) in [5, 5.41) is 5.38. The lowest BCUT2D eigenvalue weighted by molar-refractivity contribution is -0.145. The number of alkyl halides is 3. The van der Waals surface area contributed by atoms with E-state index in [2.05, 4.69) is 10.6 Å². The Labute approximate surface area is 150 Å². The summed E-state index contributed by atoms with van der Waals surface area (Å²) in [6, 6.07) is 6.77. The molecule has 0 saturated carbocycles. The molecule has 26 heavy (non-hydrogen) atoms. The molecule has 0 unspecified atom stereocenters. The molecule has 1 aromatic carbocycles. The first-order valence-corrected chi connectivity index (χ1v) is 8.40. The molecule has 2 N–H and O–H groups in total. The van der Waals surface area contributed by atoms with E-state index < -0.39 is 12.7 Å². The highest BCUT2D eigenvalue weighted by Crippen LogP contribution is 2.18. The molecule has 2 rings (SSSR count). The van der Waals surface area contributed by atoms with Gasteiger partial charge in [0.25, 0.3) is 0 Å². The molecule has 1 saturated heterocycles. The highest BCUT2D eigenvalue weighted by Gasteiger charge is 2.31. The summed E-state index contributed by atoms with van der Waals surface area (Å²) in [5.41, 5.74) is 1.13. The maximum absolute atomic E-state index is 12.5. The second-order valence-electron chi connectivity index (χ2n) is 6.33. The van der Waals surface area contributed by atoms with Crippen molar-refractivity contribution in [3.63, 3.8) is 0 Å². The second kappa shape index (κ2) is 9.00. The van der Waals surface area contributed by atoms with Gasteiger partial charge in [0.15, 0.2) is 0 Å². The maximum atomic E-state index is 12.5. The number of hydrogen-bond donors (Lipinski definition) is 2. The van der Waals surface area contributed by atoms with E-state index in [4.69, 9.17) is 0 Å². The molecular weight excluding hydrogens is 349 g/mol. The van der Waals surface area contributed by atoms with E-state index in [1.165, 1.54) is 11.8 Å². The average molecular weight is 372 g/mol. The van der Waals surface area contributed by atoms with Crippen molar-refractivity contribution in [2.75, 3.05) is 49.9 Å². The van der Waals surface area contributed by atoms with E-state index in [9.17, 15) is 22.8 Å². The van der Waals surface area contributed by atoms with Gasteiger partial charge in [0, 0.05) is 31.4 Å². The smallest absolute Gasteiger partial charge is 0.326 e. The first kappa shape index (κ1) is 20.2. The molecule has 0 spiro atoms. The molecule has 0 radical (unpaired) electrons. The van der Waals surface area contributed by atoms with Crippen molar-refractivity contribution in [1.29, 1.82) is 0 Å². The number of benzene rings is 1. The Hall–Kier alpha value is -2.13. The Balaban J connectivity index is 1.83. The number of carbonyl (C=O) groups excluding carboxylic acids is 2. The van der Waals surface area contributed by atoms with Gasteiger partial charge < -0.3 is 10.6 Å². The van der Waals surface area contributed by atoms with Crippen LogP contribution in [0.2, 0.25) is 0 Å². The number of anilines is 2. The van der Waals surface area contributed by atoms with Gasteiger partial charge in [0.1, 0.15) is 0 Å². The summed E-state index contributed by atoms with van der Waals surface area (Å²) >= 11 is 0. The fourth-order valence-corrected chi connectivity index (χ4v) is 2.88. The number of rotatable bonds is 5. The lowest BCUT2D eigenvalue weighted by atomic mass is 10.2. The third-order valence-corrected chi connectivity index (χ3v) is 3.92. The van der Waals surface area contributed by atoms with Gasteiger partial charge in [0.05, 0.1) is 13.1 Å². The summed E-state index contributed by atoms with van der Waals surface area (Å²) in [6.45, 7) is 2.24. The minimum absolute atomic E-state index is 0.115. The molecule has 0 aromatic heterocycles. The van der Waals surface area contributed by atoms with Gasteiger partial charge in [-0.3, -0.25) is 19.4 Å². The topological polar surface area (TPSA) is 64.7 Å². The van der Waals surface area contributed by atoms with Gasteiger partial charge in [-0.05, 0) is 37.7 Å². The Morgan fingerprint density at radius 3 is 2.31 bits per heavy atom. The third-order valence-electron chi connectivity index (χ3n) is 3.92. The maximum Gasteiger partial charge on any atom is 0.401 e. The van der Waals surface area contributed by atoms with Crippen molar-refractivity contribution >= 4 is 23.2 Å². The molecule has 1 aliphatic rings. The first-order valence-electron chi connectivity index (χ1n) is 8.40. The van der Waals surface area contributed by atoms with Crippen molar-refractivity contribution in [2.24, 2.45) is 0 Å². The molecule has 1 aliphatic heterocycles. The van der Waals surface area contributed by atoms with Gasteiger partial charge in [-0.25, -0.2) is 0 Å². The molecule has 0 bridgehead atoms. The predicted octanol–water partition coefficient (Wildman–Crippen LogP) is 2.15. The zero-order chi connectivity index (χ0) is 19.2. The standard InChI is InChI=1S/C17H23F3N4O2/c1-13(25)21-14-4-2-5-15(10-14)22-16(26)11-23-6-3-7-24(9-8-23)12-17(18,19)20/h2,4-5,10H,3,6-9,11-12H2,1H3,(H,21,25)(H,22,26). The van der Waals surface area contributed by atoms with Crippen LogP contribution in [-0.2, 0) is 9.59 Å². The summed E-state index contributed by atoms with van der Waals surface area (Å²) in [4.78, 5) is 26.5. The van der Waals surface area contributed by atoms with Crippen LogP contribution in [0.5, 0.6) is 0 Å². The highest BCUT2D eigenvalue weighted by atomic mass is 19.4. The molecule has 9 heteroatoms. The molecule has 144 valence electrons. The molecule has 1 heterocycles. The summed E-state index contributed by atoms with van der Waals surface area (Å²) in [5.74, 6) is -0.448. The van der Waals surface area contributed by atoms with E-state index in [0.717, 1.165) is 0 Å². The summed E-state index contributed by atoms with van der Waals surface area (Å²) in [7, 11) is 0. The van der Waals surface area contributed by atoms with Crippen LogP contribution in [0.4, 0.5) is 24.5 Å². The number of halogens is 3. The Bertz CT molecular complexity index is 637. The van der Waals surface area contributed by atoms with Gasteiger partial charge in [-0.1, -0.05) is 6.07 Å². The Morgan fingerprint density at radius 2 is 1.65 bits per heavy atom. The van der Waals surface area contributed by atoms with Crippen molar-refractivity contribution in [1.82, 2.24) is 9.80 Å². The van der Waals surface area contributed by atoms with Crippen LogP contribution in [0, 0.1) is 0 Å². The normalized spacial score (nSPS) is 16.8. The van der Waals surface area contributed by atoms with Gasteiger partial charge in [-0.2, -0.15) is 13.2 Å². The third kappa shape index (κ3) is 7.40. The van der Waals surface area contributed by atoms with Gasteiger partial charge in [0.2, 0.25) is 11.8 Å². The van der Waals surface area contributed by atoms with Crippen LogP contribution in [-0.4, -0.2) is 67.1 Å². The van der Waals surface area contributed by atoms with Crippen molar-refractivity contribution < 1.29 is 22.8 Å². The SMILES string of the molecule is CC(=O)Nc1cccc(NC(=O)CN2CCCN(CC(F)(F)F)CC2)c1. The van der Waals surface area contributed by atoms with Gasteiger partial charge >= 0.3 is 6.18 Å². The minimum atomic E-state index is -4.20. The molecular formula is C17H23F3N4O2. The number of hydrogen-bond acceptors (Lipinski definition) is 4. The van der Waals surface area contributed by atoms with Crippen molar-refractivity contribution in [3.8, 4) is 0 Å². The number of amides is 2. The first-order chi connectivity index (χ1) is 12.2. The summed E-state index contributed by atoms with van der Waals surface area (Å²) < 4.78 is 37.5. The second-order valence-corrected chi connectivity index (χ2v) is 6.33. The van der Waals surface area contributed by atoms with Crippen LogP contribution in [0.3, 0.4) is 0 Å². The van der Waals surface area contributed by atoms with E-state index in [1.54, 1.807) is 24.3 Å². The zero-order valence-corrected chi connectivity index (χ0v) is 14.6.